The van der Waals surface area contributed by atoms with Crippen LogP contribution in [-0.2, 0) is 6.42 Å². The van der Waals surface area contributed by atoms with Gasteiger partial charge in [-0.1, -0.05) is 12.1 Å². The summed E-state index contributed by atoms with van der Waals surface area (Å²) in [6, 6.07) is 12.1. The normalized spacial score (nSPS) is 12.4. The van der Waals surface area contributed by atoms with Crippen LogP contribution in [0.25, 0.3) is 16.9 Å². The van der Waals surface area contributed by atoms with Crippen LogP contribution in [0.3, 0.4) is 0 Å². The molecule has 4 rings (SSSR count). The van der Waals surface area contributed by atoms with E-state index in [-0.39, 0.29) is 5.69 Å². The third kappa shape index (κ3) is 2.84. The van der Waals surface area contributed by atoms with Gasteiger partial charge < -0.3 is 14.8 Å². The molecule has 0 saturated carbocycles. The van der Waals surface area contributed by atoms with Gasteiger partial charge in [0.2, 0.25) is 0 Å². The Morgan fingerprint density at radius 1 is 1.15 bits per heavy atom. The van der Waals surface area contributed by atoms with Crippen molar-refractivity contribution in [2.75, 3.05) is 26.1 Å². The van der Waals surface area contributed by atoms with Crippen LogP contribution in [0.15, 0.2) is 42.5 Å². The van der Waals surface area contributed by atoms with Crippen molar-refractivity contribution in [2.24, 2.45) is 0 Å². The number of nitro groups is 1. The number of rotatable bonds is 5. The van der Waals surface area contributed by atoms with Gasteiger partial charge in [-0.05, 0) is 24.6 Å². The summed E-state index contributed by atoms with van der Waals surface area (Å²) in [6.07, 6.45) is 0.783. The Morgan fingerprint density at radius 2 is 1.85 bits per heavy atom. The number of hydrogen-bond acceptors (Lipinski definition) is 6. The van der Waals surface area contributed by atoms with Crippen LogP contribution in [0.2, 0.25) is 0 Å². The minimum Gasteiger partial charge on any atom is -0.497 e. The smallest absolute Gasteiger partial charge is 0.294 e. The molecule has 1 N–H and O–H groups in total. The van der Waals surface area contributed by atoms with Crippen molar-refractivity contribution in [1.82, 2.24) is 9.78 Å². The lowest BCUT2D eigenvalue weighted by atomic mass is 10.1. The van der Waals surface area contributed by atoms with Crippen LogP contribution in [-0.4, -0.2) is 35.5 Å². The fraction of sp³-hybridized carbons (Fsp3) is 0.211. The van der Waals surface area contributed by atoms with Gasteiger partial charge in [-0.25, -0.2) is 4.68 Å². The molecular formula is C19H18N4O4. The van der Waals surface area contributed by atoms with Gasteiger partial charge in [0.05, 0.1) is 24.8 Å². The van der Waals surface area contributed by atoms with Crippen LogP contribution in [0, 0.1) is 10.1 Å². The van der Waals surface area contributed by atoms with Gasteiger partial charge in [0.15, 0.2) is 0 Å². The maximum atomic E-state index is 11.5. The molecule has 3 aromatic rings. The number of benzene rings is 2. The summed E-state index contributed by atoms with van der Waals surface area (Å²) in [5, 5.41) is 19.5. The molecule has 27 heavy (non-hydrogen) atoms. The predicted molar refractivity (Wildman–Crippen MR) is 101 cm³/mol. The highest BCUT2D eigenvalue weighted by Crippen LogP contribution is 2.38. The highest BCUT2D eigenvalue weighted by Gasteiger charge is 2.27. The van der Waals surface area contributed by atoms with E-state index in [0.29, 0.717) is 17.2 Å². The molecule has 0 spiro atoms. The highest BCUT2D eigenvalue weighted by atomic mass is 16.6. The number of methoxy groups -OCH3 is 2. The minimum absolute atomic E-state index is 0.00581. The number of anilines is 1. The molecule has 0 fully saturated rings. The summed E-state index contributed by atoms with van der Waals surface area (Å²) >= 11 is 0. The summed E-state index contributed by atoms with van der Waals surface area (Å²) in [5.74, 6) is 2.09. The van der Waals surface area contributed by atoms with Crippen LogP contribution in [0.5, 0.6) is 11.5 Å². The Balaban J connectivity index is 1.92. The largest absolute Gasteiger partial charge is 0.497 e. The predicted octanol–water partition coefficient (Wildman–Crippen LogP) is 3.43. The van der Waals surface area contributed by atoms with Crippen molar-refractivity contribution in [3.8, 4) is 28.4 Å². The van der Waals surface area contributed by atoms with Gasteiger partial charge in [-0.15, -0.1) is 0 Å². The highest BCUT2D eigenvalue weighted by molar-refractivity contribution is 5.75. The third-order valence-corrected chi connectivity index (χ3v) is 4.58. The van der Waals surface area contributed by atoms with E-state index in [1.807, 2.05) is 12.1 Å². The Hall–Kier alpha value is -3.55. The lowest BCUT2D eigenvalue weighted by Gasteiger charge is -2.08. The Kier molecular flexibility index (Phi) is 4.15. The van der Waals surface area contributed by atoms with E-state index >= 15 is 0 Å². The summed E-state index contributed by atoms with van der Waals surface area (Å²) in [7, 11) is 3.19. The van der Waals surface area contributed by atoms with Crippen molar-refractivity contribution in [3.63, 3.8) is 0 Å². The first-order valence-corrected chi connectivity index (χ1v) is 8.45. The number of para-hydroxylation sites is 2. The topological polar surface area (TPSA) is 91.5 Å². The van der Waals surface area contributed by atoms with Crippen molar-refractivity contribution >= 4 is 11.5 Å². The molecule has 0 saturated heterocycles. The van der Waals surface area contributed by atoms with E-state index in [2.05, 4.69) is 5.32 Å². The van der Waals surface area contributed by atoms with Crippen LogP contribution in [0.1, 0.15) is 5.56 Å². The first-order valence-electron chi connectivity index (χ1n) is 8.45. The lowest BCUT2D eigenvalue weighted by Crippen LogP contribution is -2.06. The van der Waals surface area contributed by atoms with Gasteiger partial charge in [-0.2, -0.15) is 5.10 Å². The number of fused-ring (bicyclic) bond motifs is 1. The molecule has 0 unspecified atom stereocenters. The molecule has 0 atom stereocenters. The fourth-order valence-electron chi connectivity index (χ4n) is 3.32. The Bertz CT molecular complexity index is 1010. The molecule has 2 aromatic carbocycles. The van der Waals surface area contributed by atoms with E-state index in [1.54, 1.807) is 43.2 Å². The zero-order chi connectivity index (χ0) is 19.0. The number of hydrogen-bond donors (Lipinski definition) is 1. The zero-order valence-corrected chi connectivity index (χ0v) is 14.9. The monoisotopic (exact) mass is 366 g/mol. The second-order valence-electron chi connectivity index (χ2n) is 6.11. The second kappa shape index (κ2) is 6.64. The van der Waals surface area contributed by atoms with Crippen molar-refractivity contribution < 1.29 is 14.4 Å². The average Bonchev–Trinajstić information content (AvgIpc) is 3.30. The quantitative estimate of drug-likeness (QED) is 0.549. The standard InChI is InChI=1S/C19H18N4O4/c1-26-13-9-12(10-14(11-13)27-2)18-15-7-8-20-19(15)22(21-18)16-5-3-4-6-17(16)23(24)25/h3-6,9-11,20H,7-8H2,1-2H3. The van der Waals surface area contributed by atoms with Crippen molar-refractivity contribution in [2.45, 2.75) is 6.42 Å². The summed E-state index contributed by atoms with van der Waals surface area (Å²) < 4.78 is 12.3. The van der Waals surface area contributed by atoms with E-state index in [9.17, 15) is 10.1 Å². The Labute approximate surface area is 155 Å². The molecule has 1 aliphatic rings. The molecule has 8 nitrogen and oxygen atoms in total. The molecule has 0 bridgehead atoms. The molecule has 0 radical (unpaired) electrons. The molecule has 0 amide bonds. The first-order chi connectivity index (χ1) is 13.1. The minimum atomic E-state index is -0.396. The number of ether oxygens (including phenoxy) is 2. The Morgan fingerprint density at radius 3 is 2.52 bits per heavy atom. The van der Waals surface area contributed by atoms with Gasteiger partial charge in [0.1, 0.15) is 23.0 Å². The summed E-state index contributed by atoms with van der Waals surface area (Å²) in [4.78, 5) is 11.1. The molecule has 8 heteroatoms. The molecule has 1 aromatic heterocycles. The second-order valence-corrected chi connectivity index (χ2v) is 6.11. The molecule has 0 aliphatic carbocycles. The average molecular weight is 366 g/mol. The molecule has 2 heterocycles. The maximum absolute atomic E-state index is 11.5. The summed E-state index contributed by atoms with van der Waals surface area (Å²) in [5.41, 5.74) is 3.04. The van der Waals surface area contributed by atoms with Crippen molar-refractivity contribution in [3.05, 3.63) is 58.1 Å². The van der Waals surface area contributed by atoms with Crippen LogP contribution >= 0.6 is 0 Å². The fourth-order valence-corrected chi connectivity index (χ4v) is 3.32. The number of nitro benzene ring substituents is 1. The zero-order valence-electron chi connectivity index (χ0n) is 14.9. The molecular weight excluding hydrogens is 348 g/mol. The lowest BCUT2D eigenvalue weighted by molar-refractivity contribution is -0.384. The SMILES string of the molecule is COc1cc(OC)cc(-c2nn(-c3ccccc3[N+](=O)[O-])c3c2CCN3)c1. The third-order valence-electron chi connectivity index (χ3n) is 4.58. The first kappa shape index (κ1) is 16.9. The summed E-state index contributed by atoms with van der Waals surface area (Å²) in [6.45, 7) is 0.752. The van der Waals surface area contributed by atoms with Crippen LogP contribution in [0.4, 0.5) is 11.5 Å². The van der Waals surface area contributed by atoms with Gasteiger partial charge in [-0.3, -0.25) is 10.1 Å². The van der Waals surface area contributed by atoms with E-state index < -0.39 is 4.92 Å². The van der Waals surface area contributed by atoms with Crippen molar-refractivity contribution in [1.29, 1.82) is 0 Å². The number of nitrogens with zero attached hydrogens (tertiary/aromatic N) is 3. The van der Waals surface area contributed by atoms with E-state index in [0.717, 1.165) is 35.6 Å². The van der Waals surface area contributed by atoms with E-state index in [1.165, 1.54) is 6.07 Å². The molecule has 1 aliphatic heterocycles. The van der Waals surface area contributed by atoms with Gasteiger partial charge >= 0.3 is 0 Å². The van der Waals surface area contributed by atoms with Crippen LogP contribution < -0.4 is 14.8 Å². The number of nitrogens with one attached hydrogen (secondary N) is 1. The maximum Gasteiger partial charge on any atom is 0.294 e. The van der Waals surface area contributed by atoms with Gasteiger partial charge in [0.25, 0.3) is 5.69 Å². The van der Waals surface area contributed by atoms with Gasteiger partial charge in [0, 0.05) is 29.8 Å². The van der Waals surface area contributed by atoms with E-state index in [4.69, 9.17) is 14.6 Å². The number of aromatic nitrogens is 2. The molecule has 138 valence electrons.